The Labute approximate surface area is 171 Å². The summed E-state index contributed by atoms with van der Waals surface area (Å²) in [4.78, 5) is 17.5. The first-order valence-corrected chi connectivity index (χ1v) is 9.93. The Morgan fingerprint density at radius 3 is 2.14 bits per heavy atom. The molecule has 0 amide bonds. The van der Waals surface area contributed by atoms with Gasteiger partial charge in [-0.05, 0) is 70.2 Å². The average molecular weight is 397 g/mol. The highest BCUT2D eigenvalue weighted by Crippen LogP contribution is 2.22. The van der Waals surface area contributed by atoms with Crippen LogP contribution in [0.5, 0.6) is 11.8 Å². The molecule has 0 saturated carbocycles. The summed E-state index contributed by atoms with van der Waals surface area (Å²) in [6.07, 6.45) is 3.57. The minimum Gasteiger partial charge on any atom is -0.424 e. The third kappa shape index (κ3) is 5.26. The number of hydrogen-bond acceptors (Lipinski definition) is 5. The van der Waals surface area contributed by atoms with E-state index in [1.807, 2.05) is 39.0 Å². The summed E-state index contributed by atoms with van der Waals surface area (Å²) in [5.41, 5.74) is 4.90. The second-order valence-corrected chi connectivity index (χ2v) is 7.24. The van der Waals surface area contributed by atoms with E-state index in [4.69, 9.17) is 16.3 Å². The largest absolute Gasteiger partial charge is 0.424 e. The molecular weight excluding hydrogens is 372 g/mol. The lowest BCUT2D eigenvalue weighted by atomic mass is 10.1. The van der Waals surface area contributed by atoms with Crippen molar-refractivity contribution in [2.24, 2.45) is 0 Å². The molecule has 0 atom stereocenters. The number of benzene rings is 1. The van der Waals surface area contributed by atoms with Gasteiger partial charge in [0, 0.05) is 11.4 Å². The summed E-state index contributed by atoms with van der Waals surface area (Å²) in [6, 6.07) is 10.3. The molecule has 0 spiro atoms. The maximum absolute atomic E-state index is 6.43. The first-order valence-electron chi connectivity index (χ1n) is 9.55. The van der Waals surface area contributed by atoms with Gasteiger partial charge in [-0.25, -0.2) is 19.9 Å². The number of aromatic nitrogens is 4. The van der Waals surface area contributed by atoms with E-state index in [2.05, 4.69) is 39.0 Å². The molecule has 146 valence electrons. The molecule has 2 heterocycles. The molecule has 3 aromatic rings. The van der Waals surface area contributed by atoms with Crippen LogP contribution in [0.15, 0.2) is 30.3 Å². The third-order valence-electron chi connectivity index (χ3n) is 4.41. The van der Waals surface area contributed by atoms with Crippen molar-refractivity contribution >= 4 is 11.6 Å². The van der Waals surface area contributed by atoms with Crippen LogP contribution in [0.4, 0.5) is 0 Å². The van der Waals surface area contributed by atoms with Crippen molar-refractivity contribution in [2.45, 2.75) is 53.4 Å². The molecule has 0 bridgehead atoms. The molecule has 0 aliphatic rings. The average Bonchev–Trinajstić information content (AvgIpc) is 2.64. The Balaban J connectivity index is 1.58. The van der Waals surface area contributed by atoms with Crippen molar-refractivity contribution in [1.82, 2.24) is 19.9 Å². The van der Waals surface area contributed by atoms with E-state index in [1.54, 1.807) is 0 Å². The molecule has 0 aliphatic carbocycles. The summed E-state index contributed by atoms with van der Waals surface area (Å²) in [5.74, 6) is 1.52. The molecule has 0 aliphatic heterocycles. The lowest BCUT2D eigenvalue weighted by molar-refractivity contribution is 0.438. The first kappa shape index (κ1) is 20.2. The van der Waals surface area contributed by atoms with Crippen LogP contribution in [0.1, 0.15) is 47.5 Å². The fraction of sp³-hybridized carbons (Fsp3) is 0.364. The number of aryl methyl sites for hydroxylation is 6. The van der Waals surface area contributed by atoms with Crippen LogP contribution in [0.25, 0.3) is 0 Å². The summed E-state index contributed by atoms with van der Waals surface area (Å²) >= 11 is 6.43. The van der Waals surface area contributed by atoms with Crippen molar-refractivity contribution in [3.05, 3.63) is 69.5 Å². The first-order chi connectivity index (χ1) is 13.4. The quantitative estimate of drug-likeness (QED) is 0.536. The van der Waals surface area contributed by atoms with Gasteiger partial charge < -0.3 is 4.74 Å². The smallest absolute Gasteiger partial charge is 0.322 e. The molecule has 0 N–H and O–H groups in total. The van der Waals surface area contributed by atoms with Crippen LogP contribution in [0, 0.1) is 20.8 Å². The molecular formula is C22H25ClN4O. The Morgan fingerprint density at radius 2 is 1.50 bits per heavy atom. The maximum atomic E-state index is 6.43. The zero-order valence-corrected chi connectivity index (χ0v) is 17.5. The highest BCUT2D eigenvalue weighted by Gasteiger charge is 2.10. The number of hydrogen-bond donors (Lipinski definition) is 0. The molecule has 0 fully saturated rings. The predicted octanol–water partition coefficient (Wildman–Crippen LogP) is 5.38. The Kier molecular flexibility index (Phi) is 6.57. The minimum atomic E-state index is 0.380. The van der Waals surface area contributed by atoms with Crippen LogP contribution in [-0.4, -0.2) is 19.9 Å². The van der Waals surface area contributed by atoms with Gasteiger partial charge in [-0.15, -0.1) is 0 Å². The molecule has 1 aromatic carbocycles. The molecule has 5 nitrogen and oxygen atoms in total. The molecule has 0 saturated heterocycles. The van der Waals surface area contributed by atoms with Crippen molar-refractivity contribution < 1.29 is 4.74 Å². The second kappa shape index (κ2) is 9.11. The summed E-state index contributed by atoms with van der Waals surface area (Å²) in [6.45, 7) is 7.83. The van der Waals surface area contributed by atoms with Crippen LogP contribution < -0.4 is 4.74 Å². The molecule has 0 radical (unpaired) electrons. The summed E-state index contributed by atoms with van der Waals surface area (Å²) in [5, 5.41) is 0.713. The van der Waals surface area contributed by atoms with E-state index in [1.165, 1.54) is 5.56 Å². The predicted molar refractivity (Wildman–Crippen MR) is 111 cm³/mol. The van der Waals surface area contributed by atoms with Gasteiger partial charge >= 0.3 is 6.01 Å². The van der Waals surface area contributed by atoms with E-state index in [9.17, 15) is 0 Å². The highest BCUT2D eigenvalue weighted by atomic mass is 35.5. The summed E-state index contributed by atoms with van der Waals surface area (Å²) < 4.78 is 5.77. The van der Waals surface area contributed by atoms with Gasteiger partial charge in [0.2, 0.25) is 0 Å². The Hall–Kier alpha value is -2.53. The molecule has 28 heavy (non-hydrogen) atoms. The number of ether oxygens (including phenoxy) is 1. The van der Waals surface area contributed by atoms with Crippen LogP contribution in [0.3, 0.4) is 0 Å². The Bertz CT molecular complexity index is 937. The normalized spacial score (nSPS) is 10.9. The second-order valence-electron chi connectivity index (χ2n) is 6.86. The maximum Gasteiger partial charge on any atom is 0.322 e. The van der Waals surface area contributed by atoms with E-state index in [0.717, 1.165) is 60.0 Å². The SMILES string of the molecule is CCc1nc(C)nc(CCCc2ccc(Oc3nc(C)cc(C)n3)cc2)c1Cl. The zero-order chi connectivity index (χ0) is 20.1. The number of rotatable bonds is 7. The fourth-order valence-corrected chi connectivity index (χ4v) is 3.42. The molecule has 3 rings (SSSR count). The van der Waals surface area contributed by atoms with Gasteiger partial charge in [0.25, 0.3) is 0 Å². The molecule has 2 aromatic heterocycles. The standard InChI is InChI=1S/C22H25ClN4O/c1-5-19-21(23)20(27-16(4)26-19)8-6-7-17-9-11-18(12-10-17)28-22-24-14(2)13-15(3)25-22/h9-13H,5-8H2,1-4H3. The topological polar surface area (TPSA) is 60.8 Å². The van der Waals surface area contributed by atoms with Crippen molar-refractivity contribution in [3.8, 4) is 11.8 Å². The molecule has 6 heteroatoms. The summed E-state index contributed by atoms with van der Waals surface area (Å²) in [7, 11) is 0. The van der Waals surface area contributed by atoms with Gasteiger partial charge in [0.15, 0.2) is 0 Å². The lowest BCUT2D eigenvalue weighted by Gasteiger charge is -2.09. The third-order valence-corrected chi connectivity index (χ3v) is 4.84. The molecule has 0 unspecified atom stereocenters. The van der Waals surface area contributed by atoms with Crippen LogP contribution in [0.2, 0.25) is 5.02 Å². The minimum absolute atomic E-state index is 0.380. The van der Waals surface area contributed by atoms with E-state index < -0.39 is 0 Å². The fourth-order valence-electron chi connectivity index (χ4n) is 3.11. The monoisotopic (exact) mass is 396 g/mol. The van der Waals surface area contributed by atoms with Crippen LogP contribution in [-0.2, 0) is 19.3 Å². The lowest BCUT2D eigenvalue weighted by Crippen LogP contribution is -2.03. The van der Waals surface area contributed by atoms with Crippen molar-refractivity contribution in [1.29, 1.82) is 0 Å². The zero-order valence-electron chi connectivity index (χ0n) is 16.8. The van der Waals surface area contributed by atoms with Gasteiger partial charge in [0.1, 0.15) is 11.6 Å². The van der Waals surface area contributed by atoms with Gasteiger partial charge in [-0.2, -0.15) is 0 Å². The van der Waals surface area contributed by atoms with Gasteiger partial charge in [-0.3, -0.25) is 0 Å². The van der Waals surface area contributed by atoms with Gasteiger partial charge in [0.05, 0.1) is 16.4 Å². The van der Waals surface area contributed by atoms with Crippen molar-refractivity contribution in [2.75, 3.05) is 0 Å². The van der Waals surface area contributed by atoms with E-state index >= 15 is 0 Å². The highest BCUT2D eigenvalue weighted by molar-refractivity contribution is 6.31. The van der Waals surface area contributed by atoms with E-state index in [0.29, 0.717) is 11.0 Å². The van der Waals surface area contributed by atoms with Crippen molar-refractivity contribution in [3.63, 3.8) is 0 Å². The van der Waals surface area contributed by atoms with Gasteiger partial charge in [-0.1, -0.05) is 30.7 Å². The number of halogens is 1. The Morgan fingerprint density at radius 1 is 0.857 bits per heavy atom. The van der Waals surface area contributed by atoms with Crippen LogP contribution >= 0.6 is 11.6 Å². The number of nitrogens with zero attached hydrogens (tertiary/aromatic N) is 4. The van der Waals surface area contributed by atoms with E-state index in [-0.39, 0.29) is 0 Å².